The summed E-state index contributed by atoms with van der Waals surface area (Å²) in [5, 5.41) is 0. The van der Waals surface area contributed by atoms with Crippen LogP contribution in [0.4, 0.5) is 4.79 Å². The average molecular weight is 188 g/mol. The molecule has 0 heterocycles. The van der Waals surface area contributed by atoms with Crippen molar-refractivity contribution in [3.05, 3.63) is 0 Å². The number of nitrogens with zero attached hydrogens (tertiary/aromatic N) is 1. The number of hydrogen-bond acceptors (Lipinski definition) is 3. The van der Waals surface area contributed by atoms with Crippen molar-refractivity contribution in [3.63, 3.8) is 0 Å². The fourth-order valence-corrected chi connectivity index (χ4v) is 0.588. The second kappa shape index (κ2) is 5.80. The Morgan fingerprint density at radius 1 is 1.38 bits per heavy atom. The Morgan fingerprint density at radius 2 is 2.00 bits per heavy atom. The van der Waals surface area contributed by atoms with Crippen LogP contribution < -0.4 is 5.48 Å². The maximum Gasteiger partial charge on any atom is 0.457 e. The standard InChI is InChI=1S/C9H18NO3/c1-5-6-7-12-10-8(11)13-9(2,3)4/h5-7H2,1-4H3. The minimum Gasteiger partial charge on any atom is -0.441 e. The lowest BCUT2D eigenvalue weighted by Gasteiger charge is -2.17. The van der Waals surface area contributed by atoms with Gasteiger partial charge in [0.2, 0.25) is 0 Å². The first-order valence-corrected chi connectivity index (χ1v) is 4.51. The highest BCUT2D eigenvalue weighted by Gasteiger charge is 2.17. The van der Waals surface area contributed by atoms with Gasteiger partial charge in [-0.2, -0.15) is 0 Å². The highest BCUT2D eigenvalue weighted by Crippen LogP contribution is 2.06. The summed E-state index contributed by atoms with van der Waals surface area (Å²) in [4.78, 5) is 15.6. The molecule has 0 N–H and O–H groups in total. The third-order valence-electron chi connectivity index (χ3n) is 1.12. The van der Waals surface area contributed by atoms with Crippen LogP contribution in [0.3, 0.4) is 0 Å². The zero-order valence-corrected chi connectivity index (χ0v) is 8.79. The van der Waals surface area contributed by atoms with Crippen molar-refractivity contribution < 1.29 is 14.4 Å². The molecule has 0 aliphatic carbocycles. The molecule has 0 aliphatic heterocycles. The van der Waals surface area contributed by atoms with E-state index in [9.17, 15) is 4.79 Å². The number of ether oxygens (including phenoxy) is 1. The van der Waals surface area contributed by atoms with Gasteiger partial charge in [-0.05, 0) is 27.2 Å². The number of hydrogen-bond donors (Lipinski definition) is 0. The predicted octanol–water partition coefficient (Wildman–Crippen LogP) is 2.26. The van der Waals surface area contributed by atoms with Gasteiger partial charge in [-0.15, -0.1) is 0 Å². The molecule has 0 aliphatic rings. The molecule has 0 fully saturated rings. The van der Waals surface area contributed by atoms with Crippen LogP contribution >= 0.6 is 0 Å². The van der Waals surface area contributed by atoms with Gasteiger partial charge in [0.05, 0.1) is 6.61 Å². The van der Waals surface area contributed by atoms with Crippen molar-refractivity contribution >= 4 is 6.09 Å². The second-order valence-corrected chi connectivity index (χ2v) is 3.76. The summed E-state index contributed by atoms with van der Waals surface area (Å²) < 4.78 is 4.89. The molecule has 1 radical (unpaired) electrons. The van der Waals surface area contributed by atoms with Crippen molar-refractivity contribution in [1.82, 2.24) is 5.48 Å². The Labute approximate surface area is 79.6 Å². The van der Waals surface area contributed by atoms with E-state index in [0.29, 0.717) is 6.61 Å². The van der Waals surface area contributed by atoms with E-state index in [1.807, 2.05) is 6.92 Å². The van der Waals surface area contributed by atoms with Crippen LogP contribution in [0.1, 0.15) is 40.5 Å². The second-order valence-electron chi connectivity index (χ2n) is 3.76. The van der Waals surface area contributed by atoms with E-state index in [-0.39, 0.29) is 0 Å². The summed E-state index contributed by atoms with van der Waals surface area (Å²) in [6, 6.07) is 0. The Kier molecular flexibility index (Phi) is 5.46. The Balaban J connectivity index is 3.41. The maximum absolute atomic E-state index is 10.9. The van der Waals surface area contributed by atoms with E-state index in [1.165, 1.54) is 0 Å². The van der Waals surface area contributed by atoms with Crippen LogP contribution in [0.5, 0.6) is 0 Å². The quantitative estimate of drug-likeness (QED) is 0.502. The lowest BCUT2D eigenvalue weighted by molar-refractivity contribution is -0.0127. The molecule has 0 atom stereocenters. The first-order chi connectivity index (χ1) is 5.95. The molecule has 4 nitrogen and oxygen atoms in total. The lowest BCUT2D eigenvalue weighted by atomic mass is 10.2. The lowest BCUT2D eigenvalue weighted by Crippen LogP contribution is -2.28. The molecule has 4 heteroatoms. The summed E-state index contributed by atoms with van der Waals surface area (Å²) in [5.41, 5.74) is 2.78. The Hall–Kier alpha value is -0.770. The Bertz CT molecular complexity index is 151. The van der Waals surface area contributed by atoms with Crippen LogP contribution in [0.25, 0.3) is 0 Å². The molecule has 0 saturated carbocycles. The molecule has 0 aromatic carbocycles. The summed E-state index contributed by atoms with van der Waals surface area (Å²) in [6.07, 6.45) is 1.25. The number of carbonyl (C=O) groups excluding carboxylic acids is 1. The van der Waals surface area contributed by atoms with E-state index in [1.54, 1.807) is 20.8 Å². The van der Waals surface area contributed by atoms with E-state index in [0.717, 1.165) is 12.8 Å². The number of amides is 1. The van der Waals surface area contributed by atoms with Gasteiger partial charge in [-0.3, -0.25) is 0 Å². The molecule has 0 unspecified atom stereocenters. The van der Waals surface area contributed by atoms with E-state index in [4.69, 9.17) is 9.57 Å². The van der Waals surface area contributed by atoms with E-state index in [2.05, 4.69) is 5.48 Å². The van der Waals surface area contributed by atoms with Crippen LogP contribution in [0.15, 0.2) is 0 Å². The van der Waals surface area contributed by atoms with E-state index >= 15 is 0 Å². The maximum atomic E-state index is 10.9. The first-order valence-electron chi connectivity index (χ1n) is 4.51. The van der Waals surface area contributed by atoms with Crippen LogP contribution in [0, 0.1) is 0 Å². The summed E-state index contributed by atoms with van der Waals surface area (Å²) in [6.45, 7) is 7.86. The van der Waals surface area contributed by atoms with Crippen molar-refractivity contribution in [2.75, 3.05) is 6.61 Å². The van der Waals surface area contributed by atoms with Gasteiger partial charge in [0.25, 0.3) is 0 Å². The van der Waals surface area contributed by atoms with E-state index < -0.39 is 11.7 Å². The number of hydroxylamine groups is 1. The minimum atomic E-state index is -0.663. The smallest absolute Gasteiger partial charge is 0.441 e. The molecular formula is C9H18NO3. The molecule has 77 valence electrons. The molecule has 0 spiro atoms. The third kappa shape index (κ3) is 9.14. The largest absolute Gasteiger partial charge is 0.457 e. The average Bonchev–Trinajstić information content (AvgIpc) is 1.94. The Morgan fingerprint density at radius 3 is 2.46 bits per heavy atom. The van der Waals surface area contributed by atoms with Gasteiger partial charge in [-0.25, -0.2) is 9.63 Å². The molecule has 0 rings (SSSR count). The van der Waals surface area contributed by atoms with Gasteiger partial charge in [-0.1, -0.05) is 18.8 Å². The number of unbranched alkanes of at least 4 members (excludes halogenated alkanes) is 1. The zero-order valence-electron chi connectivity index (χ0n) is 8.79. The van der Waals surface area contributed by atoms with Crippen LogP contribution in [-0.2, 0) is 9.57 Å². The van der Waals surface area contributed by atoms with Gasteiger partial charge < -0.3 is 4.74 Å². The molecular weight excluding hydrogens is 170 g/mol. The molecule has 0 saturated heterocycles. The summed E-state index contributed by atoms with van der Waals surface area (Å²) in [7, 11) is 0. The van der Waals surface area contributed by atoms with Gasteiger partial charge in [0.1, 0.15) is 5.60 Å². The molecule has 0 aromatic rings. The predicted molar refractivity (Wildman–Crippen MR) is 49.2 cm³/mol. The molecule has 0 aromatic heterocycles. The fraction of sp³-hybridized carbons (Fsp3) is 0.889. The highest BCUT2D eigenvalue weighted by molar-refractivity contribution is 5.65. The summed E-state index contributed by atoms with van der Waals surface area (Å²) >= 11 is 0. The monoisotopic (exact) mass is 188 g/mol. The highest BCUT2D eigenvalue weighted by atomic mass is 16.7. The van der Waals surface area contributed by atoms with Crippen LogP contribution in [0.2, 0.25) is 0 Å². The normalized spacial score (nSPS) is 11.1. The van der Waals surface area contributed by atoms with Gasteiger partial charge in [0.15, 0.2) is 0 Å². The third-order valence-corrected chi connectivity index (χ3v) is 1.12. The number of carbonyl (C=O) groups is 1. The molecule has 13 heavy (non-hydrogen) atoms. The first kappa shape index (κ1) is 12.2. The summed E-state index contributed by atoms with van der Waals surface area (Å²) in [5.74, 6) is 0. The minimum absolute atomic E-state index is 0.468. The number of rotatable bonds is 4. The molecule has 0 bridgehead atoms. The molecule has 1 amide bonds. The topological polar surface area (TPSA) is 49.6 Å². The SMILES string of the molecule is CCCCO[N]C(=O)OC(C)(C)C. The van der Waals surface area contributed by atoms with Crippen molar-refractivity contribution in [1.29, 1.82) is 0 Å². The van der Waals surface area contributed by atoms with Crippen molar-refractivity contribution in [2.45, 2.75) is 46.1 Å². The van der Waals surface area contributed by atoms with Crippen molar-refractivity contribution in [2.24, 2.45) is 0 Å². The van der Waals surface area contributed by atoms with Gasteiger partial charge in [0, 0.05) is 0 Å². The van der Waals surface area contributed by atoms with Crippen LogP contribution in [-0.4, -0.2) is 18.3 Å². The van der Waals surface area contributed by atoms with Crippen molar-refractivity contribution in [3.8, 4) is 0 Å². The van der Waals surface area contributed by atoms with Gasteiger partial charge >= 0.3 is 6.09 Å². The fourth-order valence-electron chi connectivity index (χ4n) is 0.588. The zero-order chi connectivity index (χ0) is 10.3.